The van der Waals surface area contributed by atoms with Crippen LogP contribution in [0.5, 0.6) is 11.6 Å². The number of carbonyl (C=O) groups excluding carboxylic acids is 3. The SMILES string of the molecule is COC12C(=O)c3c(OCc4ccccc4)noc3C(N(C)C)C1CC1(C)Cc3cncc(OCc4ccccc4)c3C(=O)C1C2=O. The Morgan fingerprint density at radius 3 is 2.20 bits per heavy atom. The number of benzene rings is 2. The van der Waals surface area contributed by atoms with Crippen LogP contribution in [0, 0.1) is 17.3 Å². The Bertz CT molecular complexity index is 1820. The Labute approximate surface area is 266 Å². The topological polar surface area (TPSA) is 121 Å². The molecule has 0 radical (unpaired) electrons. The van der Waals surface area contributed by atoms with Gasteiger partial charge in [0.25, 0.3) is 5.88 Å². The fourth-order valence-corrected chi connectivity index (χ4v) is 7.85. The van der Waals surface area contributed by atoms with Crippen molar-refractivity contribution < 1.29 is 33.1 Å². The summed E-state index contributed by atoms with van der Waals surface area (Å²) in [5, 5.41) is 4.15. The Balaban J connectivity index is 1.29. The molecule has 5 unspecified atom stereocenters. The zero-order valence-corrected chi connectivity index (χ0v) is 26.2. The maximum absolute atomic E-state index is 14.9. The standard InChI is InChI=1S/C36H35N3O7/c1-35-15-23-17-37-18-25(44-19-21-11-7-5-8-12-21)26(23)30(40)28(35)33(42)36(43-4)24(16-35)29(39(2)3)31-27(32(36)41)34(38-46-31)45-20-22-13-9-6-10-14-22/h5-14,17-18,24,28-29H,15-16,19-20H2,1-4H3. The Kier molecular flexibility index (Phi) is 7.37. The maximum atomic E-state index is 14.9. The minimum atomic E-state index is -1.95. The molecule has 1 fully saturated rings. The monoisotopic (exact) mass is 621 g/mol. The number of hydrogen-bond acceptors (Lipinski definition) is 10. The second kappa shape index (κ2) is 11.3. The zero-order valence-electron chi connectivity index (χ0n) is 26.2. The summed E-state index contributed by atoms with van der Waals surface area (Å²) >= 11 is 0. The number of rotatable bonds is 8. The average Bonchev–Trinajstić information content (AvgIpc) is 3.47. The molecule has 2 aromatic heterocycles. The lowest BCUT2D eigenvalue weighted by Gasteiger charge is -2.56. The first-order valence-electron chi connectivity index (χ1n) is 15.3. The highest BCUT2D eigenvalue weighted by molar-refractivity contribution is 6.27. The molecule has 3 aliphatic rings. The summed E-state index contributed by atoms with van der Waals surface area (Å²) in [6.07, 6.45) is 3.93. The van der Waals surface area contributed by atoms with E-state index in [0.29, 0.717) is 35.5 Å². The molecule has 7 rings (SSSR count). The van der Waals surface area contributed by atoms with E-state index < -0.39 is 40.5 Å². The number of nitrogens with zero attached hydrogens (tertiary/aromatic N) is 3. The Morgan fingerprint density at radius 1 is 0.913 bits per heavy atom. The van der Waals surface area contributed by atoms with Gasteiger partial charge in [-0.3, -0.25) is 24.3 Å². The van der Waals surface area contributed by atoms with Crippen molar-refractivity contribution in [3.8, 4) is 11.6 Å². The summed E-state index contributed by atoms with van der Waals surface area (Å²) in [7, 11) is 5.08. The third-order valence-corrected chi connectivity index (χ3v) is 9.86. The Hall–Kier alpha value is -4.67. The second-order valence-electron chi connectivity index (χ2n) is 12.9. The third-order valence-electron chi connectivity index (χ3n) is 9.86. The van der Waals surface area contributed by atoms with Crippen LogP contribution in [-0.4, -0.2) is 59.2 Å². The molecule has 236 valence electrons. The minimum Gasteiger partial charge on any atom is -0.487 e. The molecular weight excluding hydrogens is 586 g/mol. The van der Waals surface area contributed by atoms with Gasteiger partial charge in [-0.15, -0.1) is 0 Å². The van der Waals surface area contributed by atoms with Crippen molar-refractivity contribution in [2.24, 2.45) is 17.3 Å². The maximum Gasteiger partial charge on any atom is 0.265 e. The summed E-state index contributed by atoms with van der Waals surface area (Å²) in [5.74, 6) is -2.71. The van der Waals surface area contributed by atoms with Crippen molar-refractivity contribution in [3.63, 3.8) is 0 Å². The normalized spacial score (nSPS) is 26.6. The van der Waals surface area contributed by atoms with E-state index >= 15 is 0 Å². The van der Waals surface area contributed by atoms with Gasteiger partial charge in [0.1, 0.15) is 24.5 Å². The van der Waals surface area contributed by atoms with Crippen LogP contribution >= 0.6 is 0 Å². The summed E-state index contributed by atoms with van der Waals surface area (Å²) in [6.45, 7) is 2.32. The van der Waals surface area contributed by atoms with Crippen LogP contribution in [0.3, 0.4) is 0 Å². The molecule has 4 aromatic rings. The van der Waals surface area contributed by atoms with Gasteiger partial charge in [0.15, 0.2) is 22.9 Å². The number of ether oxygens (including phenoxy) is 3. The number of fused-ring (bicyclic) bond motifs is 4. The van der Waals surface area contributed by atoms with Gasteiger partial charge in [0.2, 0.25) is 5.78 Å². The number of Topliss-reactive ketones (excluding diaryl/α,β-unsaturated/α-hetero) is 3. The van der Waals surface area contributed by atoms with Crippen LogP contribution in [0.4, 0.5) is 0 Å². The highest BCUT2D eigenvalue weighted by Gasteiger charge is 2.71. The summed E-state index contributed by atoms with van der Waals surface area (Å²) < 4.78 is 24.0. The predicted octanol–water partition coefficient (Wildman–Crippen LogP) is 5.06. The van der Waals surface area contributed by atoms with Crippen LogP contribution in [0.15, 0.2) is 77.6 Å². The van der Waals surface area contributed by atoms with E-state index in [1.165, 1.54) is 13.3 Å². The molecule has 0 bridgehead atoms. The van der Waals surface area contributed by atoms with Crippen molar-refractivity contribution in [2.45, 2.75) is 44.6 Å². The molecule has 1 saturated carbocycles. The van der Waals surface area contributed by atoms with Crippen LogP contribution < -0.4 is 9.47 Å². The number of pyridine rings is 1. The van der Waals surface area contributed by atoms with Crippen molar-refractivity contribution in [2.75, 3.05) is 21.2 Å². The average molecular weight is 622 g/mol. The first kappa shape index (κ1) is 30.0. The lowest BCUT2D eigenvalue weighted by Crippen LogP contribution is -2.69. The van der Waals surface area contributed by atoms with E-state index in [9.17, 15) is 14.4 Å². The lowest BCUT2D eigenvalue weighted by molar-refractivity contribution is -0.165. The summed E-state index contributed by atoms with van der Waals surface area (Å²) in [6, 6.07) is 18.5. The van der Waals surface area contributed by atoms with Crippen molar-refractivity contribution in [1.29, 1.82) is 0 Å². The van der Waals surface area contributed by atoms with Gasteiger partial charge in [0.05, 0.1) is 23.7 Å². The molecule has 10 heteroatoms. The van der Waals surface area contributed by atoms with Gasteiger partial charge in [0, 0.05) is 19.2 Å². The van der Waals surface area contributed by atoms with Crippen LogP contribution in [0.2, 0.25) is 0 Å². The number of methoxy groups -OCH3 is 1. The highest BCUT2D eigenvalue weighted by Crippen LogP contribution is 2.60. The van der Waals surface area contributed by atoms with E-state index in [1.54, 1.807) is 6.20 Å². The fraction of sp³-hybridized carbons (Fsp3) is 0.361. The highest BCUT2D eigenvalue weighted by atomic mass is 16.5. The largest absolute Gasteiger partial charge is 0.487 e. The minimum absolute atomic E-state index is 0.00491. The van der Waals surface area contributed by atoms with Gasteiger partial charge in [-0.25, -0.2) is 0 Å². The van der Waals surface area contributed by atoms with E-state index in [4.69, 9.17) is 18.7 Å². The third kappa shape index (κ3) is 4.50. The van der Waals surface area contributed by atoms with Gasteiger partial charge >= 0.3 is 0 Å². The zero-order chi connectivity index (χ0) is 32.2. The molecule has 46 heavy (non-hydrogen) atoms. The van der Waals surface area contributed by atoms with Gasteiger partial charge in [-0.1, -0.05) is 67.6 Å². The number of hydrogen-bond donors (Lipinski definition) is 0. The Morgan fingerprint density at radius 2 is 1.57 bits per heavy atom. The molecule has 10 nitrogen and oxygen atoms in total. The molecule has 0 saturated heterocycles. The van der Waals surface area contributed by atoms with E-state index in [2.05, 4.69) is 10.1 Å². The van der Waals surface area contributed by atoms with Gasteiger partial charge < -0.3 is 18.7 Å². The van der Waals surface area contributed by atoms with Gasteiger partial charge in [-0.05, 0) is 54.2 Å². The number of ketones is 3. The molecule has 3 aliphatic carbocycles. The van der Waals surface area contributed by atoms with E-state index in [0.717, 1.165) is 11.1 Å². The molecule has 2 heterocycles. The molecule has 0 amide bonds. The molecule has 0 spiro atoms. The number of carbonyl (C=O) groups is 3. The van der Waals surface area contributed by atoms with Crippen molar-refractivity contribution >= 4 is 17.3 Å². The van der Waals surface area contributed by atoms with Crippen molar-refractivity contribution in [1.82, 2.24) is 15.0 Å². The van der Waals surface area contributed by atoms with E-state index in [1.807, 2.05) is 86.6 Å². The van der Waals surface area contributed by atoms with Crippen LogP contribution in [-0.2, 0) is 29.2 Å². The second-order valence-corrected chi connectivity index (χ2v) is 12.9. The smallest absolute Gasteiger partial charge is 0.265 e. The predicted molar refractivity (Wildman–Crippen MR) is 166 cm³/mol. The molecule has 0 N–H and O–H groups in total. The summed E-state index contributed by atoms with van der Waals surface area (Å²) in [4.78, 5) is 50.4. The van der Waals surface area contributed by atoms with Crippen LogP contribution in [0.25, 0.3) is 0 Å². The number of aromatic nitrogens is 2. The van der Waals surface area contributed by atoms with Crippen molar-refractivity contribution in [3.05, 3.63) is 107 Å². The van der Waals surface area contributed by atoms with Crippen LogP contribution in [0.1, 0.15) is 62.6 Å². The molecule has 2 aromatic carbocycles. The molecule has 5 atom stereocenters. The first-order chi connectivity index (χ1) is 22.2. The molecular formula is C36H35N3O7. The quantitative estimate of drug-likeness (QED) is 0.247. The summed E-state index contributed by atoms with van der Waals surface area (Å²) in [5.41, 5.74) is 0.163. The fourth-order valence-electron chi connectivity index (χ4n) is 7.85. The molecule has 0 aliphatic heterocycles. The van der Waals surface area contributed by atoms with E-state index in [-0.39, 0.29) is 30.4 Å². The first-order valence-corrected chi connectivity index (χ1v) is 15.3. The lowest BCUT2D eigenvalue weighted by atomic mass is 9.48. The van der Waals surface area contributed by atoms with Gasteiger partial charge in [-0.2, -0.15) is 0 Å².